The fraction of sp³-hybridized carbons (Fsp3) is 0.130. The highest BCUT2D eigenvalue weighted by atomic mass is 19.1. The lowest BCUT2D eigenvalue weighted by Crippen LogP contribution is -2.28. The van der Waals surface area contributed by atoms with Gasteiger partial charge in [-0.25, -0.2) is 4.39 Å². The summed E-state index contributed by atoms with van der Waals surface area (Å²) in [5, 5.41) is 3.44. The Bertz CT molecular complexity index is 1260. The van der Waals surface area contributed by atoms with Gasteiger partial charge in [-0.05, 0) is 48.4 Å². The van der Waals surface area contributed by atoms with E-state index < -0.39 is 11.7 Å². The number of fused-ring (bicyclic) bond motifs is 1. The van der Waals surface area contributed by atoms with E-state index in [4.69, 9.17) is 0 Å². The molecule has 2 aromatic carbocycles. The zero-order valence-electron chi connectivity index (χ0n) is 15.9. The Kier molecular flexibility index (Phi) is 4.99. The van der Waals surface area contributed by atoms with Crippen molar-refractivity contribution in [3.63, 3.8) is 0 Å². The van der Waals surface area contributed by atoms with Crippen molar-refractivity contribution in [3.8, 4) is 0 Å². The Morgan fingerprint density at radius 3 is 2.52 bits per heavy atom. The van der Waals surface area contributed by atoms with Gasteiger partial charge >= 0.3 is 0 Å². The van der Waals surface area contributed by atoms with Crippen LogP contribution in [-0.4, -0.2) is 15.0 Å². The molecule has 2 heterocycles. The third kappa shape index (κ3) is 3.96. The number of nitrogens with one attached hydrogen (secondary N) is 1. The smallest absolute Gasteiger partial charge is 0.275 e. The first-order valence-electron chi connectivity index (χ1n) is 9.29. The molecule has 5 nitrogen and oxygen atoms in total. The molecule has 1 amide bonds. The molecule has 4 aromatic rings. The fourth-order valence-corrected chi connectivity index (χ4v) is 3.39. The topological polar surface area (TPSA) is 56.0 Å². The van der Waals surface area contributed by atoms with Crippen molar-refractivity contribution in [3.05, 3.63) is 100 Å². The van der Waals surface area contributed by atoms with Gasteiger partial charge < -0.3 is 14.5 Å². The maximum absolute atomic E-state index is 13.3. The van der Waals surface area contributed by atoms with Crippen LogP contribution < -0.4 is 10.9 Å². The molecule has 4 rings (SSSR count). The number of rotatable bonds is 5. The summed E-state index contributed by atoms with van der Waals surface area (Å²) in [6.45, 7) is 2.46. The third-order valence-electron chi connectivity index (χ3n) is 4.92. The van der Waals surface area contributed by atoms with Crippen molar-refractivity contribution in [2.45, 2.75) is 20.0 Å². The maximum atomic E-state index is 13.3. The summed E-state index contributed by atoms with van der Waals surface area (Å²) in [5.74, 6) is -0.829. The molecule has 0 spiro atoms. The lowest BCUT2D eigenvalue weighted by Gasteiger charge is -2.11. The van der Waals surface area contributed by atoms with Gasteiger partial charge in [0.15, 0.2) is 0 Å². The standard InChI is InChI=1S/C23H20FN3O2/c1-16-5-2-3-6-18(16)14-26-11-9-17-10-12-27(23(29)22(17)26)15-21(28)25-20-8-4-7-19(24)13-20/h2-13H,14-15H2,1H3,(H,25,28). The molecule has 0 fully saturated rings. The van der Waals surface area contributed by atoms with Crippen molar-refractivity contribution in [2.24, 2.45) is 0 Å². The van der Waals surface area contributed by atoms with Gasteiger partial charge in [0.25, 0.3) is 5.56 Å². The molecular formula is C23H20FN3O2. The molecule has 0 saturated carbocycles. The maximum Gasteiger partial charge on any atom is 0.275 e. The first-order valence-corrected chi connectivity index (χ1v) is 9.29. The summed E-state index contributed by atoms with van der Waals surface area (Å²) in [6.07, 6.45) is 3.49. The SMILES string of the molecule is Cc1ccccc1Cn1ccc2ccn(CC(=O)Nc3cccc(F)c3)c(=O)c21. The van der Waals surface area contributed by atoms with Crippen LogP contribution in [0.3, 0.4) is 0 Å². The average molecular weight is 389 g/mol. The Morgan fingerprint density at radius 1 is 1.00 bits per heavy atom. The third-order valence-corrected chi connectivity index (χ3v) is 4.92. The molecule has 0 atom stereocenters. The van der Waals surface area contributed by atoms with Gasteiger partial charge in [-0.3, -0.25) is 9.59 Å². The highest BCUT2D eigenvalue weighted by Crippen LogP contribution is 2.16. The van der Waals surface area contributed by atoms with Crippen LogP contribution in [-0.2, 0) is 17.9 Å². The lowest BCUT2D eigenvalue weighted by molar-refractivity contribution is -0.116. The van der Waals surface area contributed by atoms with Crippen LogP contribution in [0.4, 0.5) is 10.1 Å². The summed E-state index contributed by atoms with van der Waals surface area (Å²) in [6, 6.07) is 17.4. The van der Waals surface area contributed by atoms with E-state index in [0.717, 1.165) is 16.5 Å². The molecule has 0 saturated heterocycles. The van der Waals surface area contributed by atoms with E-state index in [2.05, 4.69) is 5.32 Å². The van der Waals surface area contributed by atoms with E-state index in [9.17, 15) is 14.0 Å². The summed E-state index contributed by atoms with van der Waals surface area (Å²) in [7, 11) is 0. The van der Waals surface area contributed by atoms with Gasteiger partial charge in [-0.1, -0.05) is 30.3 Å². The molecule has 2 aromatic heterocycles. The van der Waals surface area contributed by atoms with Gasteiger partial charge in [-0.2, -0.15) is 0 Å². The Balaban J connectivity index is 1.61. The number of amides is 1. The molecule has 0 aliphatic rings. The Morgan fingerprint density at radius 2 is 1.76 bits per heavy atom. The predicted molar refractivity (Wildman–Crippen MR) is 112 cm³/mol. The first kappa shape index (κ1) is 18.7. The number of anilines is 1. The van der Waals surface area contributed by atoms with Crippen molar-refractivity contribution in [1.82, 2.24) is 9.13 Å². The normalized spacial score (nSPS) is 11.0. The highest BCUT2D eigenvalue weighted by Gasteiger charge is 2.12. The van der Waals surface area contributed by atoms with E-state index in [1.807, 2.05) is 54.1 Å². The van der Waals surface area contributed by atoms with Crippen molar-refractivity contribution >= 4 is 22.5 Å². The number of halogens is 1. The first-order chi connectivity index (χ1) is 14.0. The number of pyridine rings is 1. The molecule has 0 aliphatic carbocycles. The molecule has 6 heteroatoms. The summed E-state index contributed by atoms with van der Waals surface area (Å²) in [5.41, 5.74) is 2.94. The second-order valence-electron chi connectivity index (χ2n) is 6.98. The van der Waals surface area contributed by atoms with Crippen molar-refractivity contribution in [1.29, 1.82) is 0 Å². The van der Waals surface area contributed by atoms with Crippen molar-refractivity contribution in [2.75, 3.05) is 5.32 Å². The number of nitrogens with zero attached hydrogens (tertiary/aromatic N) is 2. The zero-order valence-corrected chi connectivity index (χ0v) is 15.9. The predicted octanol–water partition coefficient (Wildman–Crippen LogP) is 3.94. The van der Waals surface area contributed by atoms with Crippen LogP contribution in [0.2, 0.25) is 0 Å². The van der Waals surface area contributed by atoms with Crippen molar-refractivity contribution < 1.29 is 9.18 Å². The van der Waals surface area contributed by atoms with E-state index in [1.165, 1.54) is 22.8 Å². The molecule has 0 bridgehead atoms. The highest BCUT2D eigenvalue weighted by molar-refractivity contribution is 5.90. The number of aromatic nitrogens is 2. The van der Waals surface area contributed by atoms with Crippen LogP contribution in [0.15, 0.2) is 77.9 Å². The van der Waals surface area contributed by atoms with Gasteiger partial charge in [0, 0.05) is 30.0 Å². The number of benzene rings is 2. The van der Waals surface area contributed by atoms with Gasteiger partial charge in [0.1, 0.15) is 17.9 Å². The molecule has 1 N–H and O–H groups in total. The van der Waals surface area contributed by atoms with E-state index >= 15 is 0 Å². The quantitative estimate of drug-likeness (QED) is 0.562. The number of hydrogen-bond acceptors (Lipinski definition) is 2. The number of carbonyl (C=O) groups is 1. The second kappa shape index (κ2) is 7.75. The fourth-order valence-electron chi connectivity index (χ4n) is 3.39. The van der Waals surface area contributed by atoms with Crippen LogP contribution >= 0.6 is 0 Å². The lowest BCUT2D eigenvalue weighted by atomic mass is 10.1. The number of carbonyl (C=O) groups excluding carboxylic acids is 1. The van der Waals surface area contributed by atoms with Gasteiger partial charge in [-0.15, -0.1) is 0 Å². The molecule has 146 valence electrons. The minimum Gasteiger partial charge on any atom is -0.339 e. The van der Waals surface area contributed by atoms with Gasteiger partial charge in [0.2, 0.25) is 5.91 Å². The van der Waals surface area contributed by atoms with Crippen LogP contribution in [0.1, 0.15) is 11.1 Å². The molecular weight excluding hydrogens is 369 g/mol. The monoisotopic (exact) mass is 389 g/mol. The molecule has 0 radical (unpaired) electrons. The summed E-state index contributed by atoms with van der Waals surface area (Å²) < 4.78 is 16.6. The van der Waals surface area contributed by atoms with Crippen LogP contribution in [0.25, 0.3) is 10.9 Å². The van der Waals surface area contributed by atoms with E-state index in [-0.39, 0.29) is 12.1 Å². The minimum absolute atomic E-state index is 0.152. The second-order valence-corrected chi connectivity index (χ2v) is 6.98. The van der Waals surface area contributed by atoms with Gasteiger partial charge in [0.05, 0.1) is 0 Å². The largest absolute Gasteiger partial charge is 0.339 e. The number of aryl methyl sites for hydroxylation is 1. The molecule has 29 heavy (non-hydrogen) atoms. The Labute approximate surface area is 167 Å². The van der Waals surface area contributed by atoms with Crippen LogP contribution in [0.5, 0.6) is 0 Å². The zero-order chi connectivity index (χ0) is 20.4. The summed E-state index contributed by atoms with van der Waals surface area (Å²) >= 11 is 0. The summed E-state index contributed by atoms with van der Waals surface area (Å²) in [4.78, 5) is 25.4. The van der Waals surface area contributed by atoms with E-state index in [0.29, 0.717) is 17.7 Å². The average Bonchev–Trinajstić information content (AvgIpc) is 3.09. The number of hydrogen-bond donors (Lipinski definition) is 1. The van der Waals surface area contributed by atoms with E-state index in [1.54, 1.807) is 12.3 Å². The molecule has 0 unspecified atom stereocenters. The Hall–Kier alpha value is -3.67. The molecule has 0 aliphatic heterocycles. The van der Waals surface area contributed by atoms with Crippen LogP contribution in [0, 0.1) is 12.7 Å². The minimum atomic E-state index is -0.435.